The molecule has 1 aliphatic heterocycles. The van der Waals surface area contributed by atoms with Gasteiger partial charge in [-0.05, 0) is 11.6 Å². The zero-order valence-electron chi connectivity index (χ0n) is 10.5. The number of fused-ring (bicyclic) bond motifs is 1. The van der Waals surface area contributed by atoms with Crippen molar-refractivity contribution in [3.05, 3.63) is 36.3 Å². The van der Waals surface area contributed by atoms with Gasteiger partial charge in [0.05, 0.1) is 12.0 Å². The number of likely N-dealkylation sites (N-methyl/N-ethyl adjacent to an activating group) is 1. The second kappa shape index (κ2) is 3.36. The number of aromatic amines is 1. The minimum absolute atomic E-state index is 0.244. The van der Waals surface area contributed by atoms with Crippen LogP contribution in [-0.2, 0) is 5.41 Å². The number of nitrogens with one attached hydrogen (secondary N) is 1. The van der Waals surface area contributed by atoms with Crippen molar-refractivity contribution in [3.8, 4) is 11.3 Å². The Kier molecular flexibility index (Phi) is 2.05. The first-order valence-corrected chi connectivity index (χ1v) is 5.93. The molecule has 1 aliphatic rings. The van der Waals surface area contributed by atoms with Crippen molar-refractivity contribution >= 4 is 5.69 Å². The van der Waals surface area contributed by atoms with Gasteiger partial charge in [-0.1, -0.05) is 26.0 Å². The third-order valence-corrected chi connectivity index (χ3v) is 3.56. The van der Waals surface area contributed by atoms with Crippen molar-refractivity contribution in [2.75, 3.05) is 18.5 Å². The zero-order valence-corrected chi connectivity index (χ0v) is 10.5. The van der Waals surface area contributed by atoms with Gasteiger partial charge in [-0.2, -0.15) is 0 Å². The second-order valence-electron chi connectivity index (χ2n) is 5.43. The standard InChI is InChI=1S/C14H17N3/c1-14(2)8-17(3)13-6-10(4-5-11(13)14)12-7-15-9-16-12/h4-7,9H,8H2,1-3H3,(H,15,16). The molecule has 17 heavy (non-hydrogen) atoms. The normalized spacial score (nSPS) is 17.2. The van der Waals surface area contributed by atoms with Crippen molar-refractivity contribution in [1.82, 2.24) is 9.97 Å². The molecule has 0 radical (unpaired) electrons. The second-order valence-corrected chi connectivity index (χ2v) is 5.43. The van der Waals surface area contributed by atoms with Crippen LogP contribution < -0.4 is 4.90 Å². The molecular weight excluding hydrogens is 210 g/mol. The fraction of sp³-hybridized carbons (Fsp3) is 0.357. The van der Waals surface area contributed by atoms with E-state index in [1.165, 1.54) is 16.8 Å². The van der Waals surface area contributed by atoms with Crippen LogP contribution in [-0.4, -0.2) is 23.6 Å². The van der Waals surface area contributed by atoms with Crippen LogP contribution in [0.2, 0.25) is 0 Å². The maximum Gasteiger partial charge on any atom is 0.0927 e. The van der Waals surface area contributed by atoms with E-state index in [4.69, 9.17) is 0 Å². The molecule has 2 heterocycles. The summed E-state index contributed by atoms with van der Waals surface area (Å²) in [6.07, 6.45) is 3.65. The van der Waals surface area contributed by atoms with Gasteiger partial charge in [0, 0.05) is 36.5 Å². The van der Waals surface area contributed by atoms with Crippen LogP contribution in [0.5, 0.6) is 0 Å². The number of H-pyrrole nitrogens is 1. The molecule has 1 aromatic heterocycles. The van der Waals surface area contributed by atoms with Crippen LogP contribution in [0.25, 0.3) is 11.3 Å². The van der Waals surface area contributed by atoms with Crippen molar-refractivity contribution in [1.29, 1.82) is 0 Å². The quantitative estimate of drug-likeness (QED) is 0.812. The van der Waals surface area contributed by atoms with Crippen molar-refractivity contribution in [2.45, 2.75) is 19.3 Å². The predicted molar refractivity (Wildman–Crippen MR) is 70.3 cm³/mol. The summed E-state index contributed by atoms with van der Waals surface area (Å²) in [7, 11) is 2.15. The molecule has 3 heteroatoms. The molecule has 1 aromatic carbocycles. The number of nitrogens with zero attached hydrogens (tertiary/aromatic N) is 2. The molecule has 1 N–H and O–H groups in total. The van der Waals surface area contributed by atoms with Crippen LogP contribution in [0.4, 0.5) is 5.69 Å². The Morgan fingerprint density at radius 2 is 2.18 bits per heavy atom. The zero-order chi connectivity index (χ0) is 12.0. The highest BCUT2D eigenvalue weighted by atomic mass is 15.1. The van der Waals surface area contributed by atoms with E-state index >= 15 is 0 Å². The van der Waals surface area contributed by atoms with Gasteiger partial charge in [-0.25, -0.2) is 4.98 Å². The lowest BCUT2D eigenvalue weighted by molar-refractivity contribution is 0.563. The van der Waals surface area contributed by atoms with Crippen molar-refractivity contribution in [2.24, 2.45) is 0 Å². The highest BCUT2D eigenvalue weighted by Gasteiger charge is 2.33. The minimum Gasteiger partial charge on any atom is -0.373 e. The predicted octanol–water partition coefficient (Wildman–Crippen LogP) is 2.80. The molecule has 0 unspecified atom stereocenters. The van der Waals surface area contributed by atoms with Gasteiger partial charge in [-0.15, -0.1) is 0 Å². The molecule has 2 aromatic rings. The first-order chi connectivity index (χ1) is 8.08. The Labute approximate surface area is 101 Å². The topological polar surface area (TPSA) is 31.9 Å². The minimum atomic E-state index is 0.244. The Morgan fingerprint density at radius 1 is 1.35 bits per heavy atom. The molecule has 0 saturated heterocycles. The first-order valence-electron chi connectivity index (χ1n) is 5.93. The molecular formula is C14H17N3. The summed E-state index contributed by atoms with van der Waals surface area (Å²) in [5.41, 5.74) is 5.18. The van der Waals surface area contributed by atoms with Gasteiger partial charge < -0.3 is 9.88 Å². The van der Waals surface area contributed by atoms with Gasteiger partial charge >= 0.3 is 0 Å². The van der Waals surface area contributed by atoms with Gasteiger partial charge in [0.1, 0.15) is 0 Å². The molecule has 0 saturated carbocycles. The molecule has 3 nitrogen and oxygen atoms in total. The van der Waals surface area contributed by atoms with E-state index in [1.54, 1.807) is 6.33 Å². The summed E-state index contributed by atoms with van der Waals surface area (Å²) in [6, 6.07) is 6.64. The van der Waals surface area contributed by atoms with Gasteiger partial charge in [-0.3, -0.25) is 0 Å². The van der Waals surface area contributed by atoms with Gasteiger partial charge in [0.2, 0.25) is 0 Å². The van der Waals surface area contributed by atoms with E-state index in [2.05, 4.69) is 54.0 Å². The average molecular weight is 227 g/mol. The largest absolute Gasteiger partial charge is 0.373 e. The lowest BCUT2D eigenvalue weighted by atomic mass is 9.86. The van der Waals surface area contributed by atoms with E-state index in [0.29, 0.717) is 0 Å². The van der Waals surface area contributed by atoms with Crippen LogP contribution in [0.15, 0.2) is 30.7 Å². The van der Waals surface area contributed by atoms with Crippen LogP contribution >= 0.6 is 0 Å². The van der Waals surface area contributed by atoms with Crippen molar-refractivity contribution < 1.29 is 0 Å². The number of hydrogen-bond donors (Lipinski definition) is 1. The first kappa shape index (κ1) is 10.4. The van der Waals surface area contributed by atoms with Gasteiger partial charge in [0.25, 0.3) is 0 Å². The van der Waals surface area contributed by atoms with E-state index < -0.39 is 0 Å². The molecule has 3 rings (SSSR count). The van der Waals surface area contributed by atoms with Gasteiger partial charge in [0.15, 0.2) is 0 Å². The maximum atomic E-state index is 4.30. The summed E-state index contributed by atoms with van der Waals surface area (Å²) in [5.74, 6) is 0. The Morgan fingerprint density at radius 3 is 2.88 bits per heavy atom. The average Bonchev–Trinajstić information content (AvgIpc) is 2.87. The number of aromatic nitrogens is 2. The third kappa shape index (κ3) is 1.54. The Balaban J connectivity index is 2.12. The third-order valence-electron chi connectivity index (χ3n) is 3.56. The Bertz CT molecular complexity index is 541. The molecule has 0 fully saturated rings. The summed E-state index contributed by atoms with van der Waals surface area (Å²) in [5, 5.41) is 0. The highest BCUT2D eigenvalue weighted by Crippen LogP contribution is 2.41. The molecule has 0 bridgehead atoms. The fourth-order valence-electron chi connectivity index (χ4n) is 2.76. The number of imidazole rings is 1. The smallest absolute Gasteiger partial charge is 0.0927 e. The van der Waals surface area contributed by atoms with Crippen LogP contribution in [0.1, 0.15) is 19.4 Å². The van der Waals surface area contributed by atoms with E-state index in [1.807, 2.05) is 6.20 Å². The molecule has 0 aliphatic carbocycles. The molecule has 88 valence electrons. The summed E-state index contributed by atoms with van der Waals surface area (Å²) < 4.78 is 0. The summed E-state index contributed by atoms with van der Waals surface area (Å²) >= 11 is 0. The summed E-state index contributed by atoms with van der Waals surface area (Å²) in [6.45, 7) is 5.67. The highest BCUT2D eigenvalue weighted by molar-refractivity contribution is 5.71. The van der Waals surface area contributed by atoms with Crippen LogP contribution in [0, 0.1) is 0 Å². The van der Waals surface area contributed by atoms with E-state index in [0.717, 1.165) is 12.2 Å². The molecule has 0 amide bonds. The number of rotatable bonds is 1. The number of anilines is 1. The summed E-state index contributed by atoms with van der Waals surface area (Å²) in [4.78, 5) is 9.62. The molecule has 0 spiro atoms. The number of hydrogen-bond acceptors (Lipinski definition) is 2. The monoisotopic (exact) mass is 227 g/mol. The molecule has 0 atom stereocenters. The maximum absolute atomic E-state index is 4.30. The Hall–Kier alpha value is -1.77. The number of benzene rings is 1. The van der Waals surface area contributed by atoms with Crippen LogP contribution in [0.3, 0.4) is 0 Å². The van der Waals surface area contributed by atoms with Crippen molar-refractivity contribution in [3.63, 3.8) is 0 Å². The van der Waals surface area contributed by atoms with E-state index in [9.17, 15) is 0 Å². The lowest BCUT2D eigenvalue weighted by Gasteiger charge is -2.18. The lowest BCUT2D eigenvalue weighted by Crippen LogP contribution is -2.24. The SMILES string of the molecule is CN1CC(C)(C)c2ccc(-c3c[nH]cn3)cc21. The fourth-order valence-corrected chi connectivity index (χ4v) is 2.76. The van der Waals surface area contributed by atoms with E-state index in [-0.39, 0.29) is 5.41 Å².